The van der Waals surface area contributed by atoms with Crippen molar-refractivity contribution in [3.05, 3.63) is 35.4 Å². The van der Waals surface area contributed by atoms with Crippen molar-refractivity contribution < 1.29 is 14.6 Å². The third-order valence-electron chi connectivity index (χ3n) is 3.77. The first kappa shape index (κ1) is 14.5. The molecule has 0 spiro atoms. The van der Waals surface area contributed by atoms with Gasteiger partial charge >= 0.3 is 0 Å². The van der Waals surface area contributed by atoms with Gasteiger partial charge in [0, 0.05) is 33.4 Å². The summed E-state index contributed by atoms with van der Waals surface area (Å²) in [5.74, 6) is 0. The van der Waals surface area contributed by atoms with E-state index in [1.54, 1.807) is 14.2 Å². The molecule has 2 rings (SSSR count). The van der Waals surface area contributed by atoms with Crippen LogP contribution < -0.4 is 0 Å². The second-order valence-corrected chi connectivity index (χ2v) is 5.11. The van der Waals surface area contributed by atoms with Crippen LogP contribution in [0.2, 0.25) is 0 Å². The van der Waals surface area contributed by atoms with E-state index in [1.165, 1.54) is 5.56 Å². The minimum atomic E-state index is 0.0992. The SMILES string of the molecule is COC[C@@H]1C[C@@H](OC)CN1Cc1ccc(CO)cc1. The van der Waals surface area contributed by atoms with E-state index < -0.39 is 0 Å². The number of hydrogen-bond acceptors (Lipinski definition) is 4. The second-order valence-electron chi connectivity index (χ2n) is 5.11. The van der Waals surface area contributed by atoms with Crippen LogP contribution in [0.25, 0.3) is 0 Å². The third-order valence-corrected chi connectivity index (χ3v) is 3.77. The topological polar surface area (TPSA) is 41.9 Å². The van der Waals surface area contributed by atoms with Crippen molar-refractivity contribution >= 4 is 0 Å². The highest BCUT2D eigenvalue weighted by Crippen LogP contribution is 2.22. The lowest BCUT2D eigenvalue weighted by Crippen LogP contribution is -2.32. The molecule has 1 aromatic carbocycles. The summed E-state index contributed by atoms with van der Waals surface area (Å²) in [5, 5.41) is 9.05. The molecule has 1 aliphatic heterocycles. The maximum atomic E-state index is 9.05. The number of nitrogens with zero attached hydrogens (tertiary/aromatic N) is 1. The van der Waals surface area contributed by atoms with E-state index in [2.05, 4.69) is 17.0 Å². The molecule has 0 aliphatic carbocycles. The Morgan fingerprint density at radius 1 is 1.21 bits per heavy atom. The Kier molecular flexibility index (Phi) is 5.34. The Morgan fingerprint density at radius 2 is 1.89 bits per heavy atom. The van der Waals surface area contributed by atoms with Crippen LogP contribution in [0, 0.1) is 0 Å². The monoisotopic (exact) mass is 265 g/mol. The van der Waals surface area contributed by atoms with Gasteiger partial charge in [0.05, 0.1) is 19.3 Å². The van der Waals surface area contributed by atoms with Crippen LogP contribution in [-0.4, -0.2) is 49.5 Å². The molecule has 4 heteroatoms. The van der Waals surface area contributed by atoms with Gasteiger partial charge in [0.1, 0.15) is 0 Å². The maximum Gasteiger partial charge on any atom is 0.0714 e. The first-order valence-electron chi connectivity index (χ1n) is 6.71. The molecule has 4 nitrogen and oxygen atoms in total. The highest BCUT2D eigenvalue weighted by Gasteiger charge is 2.31. The van der Waals surface area contributed by atoms with E-state index in [4.69, 9.17) is 14.6 Å². The first-order chi connectivity index (χ1) is 9.26. The summed E-state index contributed by atoms with van der Waals surface area (Å²) in [4.78, 5) is 2.41. The summed E-state index contributed by atoms with van der Waals surface area (Å²) < 4.78 is 10.8. The number of hydrogen-bond donors (Lipinski definition) is 1. The zero-order chi connectivity index (χ0) is 13.7. The lowest BCUT2D eigenvalue weighted by Gasteiger charge is -2.23. The standard InChI is InChI=1S/C15H23NO3/c1-18-11-14-7-15(19-2)9-16(14)8-12-3-5-13(10-17)6-4-12/h3-6,14-15,17H,7-11H2,1-2H3/t14-,15+/m0/s1. The third kappa shape index (κ3) is 3.76. The van der Waals surface area contributed by atoms with Crippen molar-refractivity contribution in [1.29, 1.82) is 0 Å². The number of likely N-dealkylation sites (tertiary alicyclic amines) is 1. The van der Waals surface area contributed by atoms with Gasteiger partial charge in [-0.2, -0.15) is 0 Å². The Morgan fingerprint density at radius 3 is 2.47 bits per heavy atom. The van der Waals surface area contributed by atoms with Crippen molar-refractivity contribution in [2.24, 2.45) is 0 Å². The zero-order valence-corrected chi connectivity index (χ0v) is 11.7. The molecule has 0 aromatic heterocycles. The van der Waals surface area contributed by atoms with E-state index in [9.17, 15) is 0 Å². The van der Waals surface area contributed by atoms with Crippen LogP contribution in [0.1, 0.15) is 17.5 Å². The minimum absolute atomic E-state index is 0.0992. The first-order valence-corrected chi connectivity index (χ1v) is 6.71. The van der Waals surface area contributed by atoms with Crippen LogP contribution in [0.3, 0.4) is 0 Å². The van der Waals surface area contributed by atoms with Crippen molar-refractivity contribution in [3.63, 3.8) is 0 Å². The molecule has 0 saturated carbocycles. The Labute approximate surface area is 114 Å². The Hall–Kier alpha value is -0.940. The molecule has 0 bridgehead atoms. The molecule has 1 N–H and O–H groups in total. The number of aliphatic hydroxyl groups is 1. The number of ether oxygens (including phenoxy) is 2. The predicted octanol–water partition coefficient (Wildman–Crippen LogP) is 1.41. The molecule has 0 amide bonds. The molecule has 1 heterocycles. The highest BCUT2D eigenvalue weighted by atomic mass is 16.5. The number of methoxy groups -OCH3 is 2. The summed E-state index contributed by atoms with van der Waals surface area (Å²) in [6, 6.07) is 8.53. The van der Waals surface area contributed by atoms with Crippen molar-refractivity contribution in [1.82, 2.24) is 4.90 Å². The smallest absolute Gasteiger partial charge is 0.0714 e. The summed E-state index contributed by atoms with van der Waals surface area (Å²) in [6.45, 7) is 2.70. The van der Waals surface area contributed by atoms with Crippen LogP contribution in [-0.2, 0) is 22.6 Å². The van der Waals surface area contributed by atoms with Gasteiger partial charge < -0.3 is 14.6 Å². The van der Waals surface area contributed by atoms with E-state index in [0.29, 0.717) is 12.1 Å². The molecule has 2 atom stereocenters. The average molecular weight is 265 g/mol. The average Bonchev–Trinajstić information content (AvgIpc) is 2.82. The van der Waals surface area contributed by atoms with E-state index in [0.717, 1.165) is 31.7 Å². The van der Waals surface area contributed by atoms with Gasteiger partial charge in [0.15, 0.2) is 0 Å². The lowest BCUT2D eigenvalue weighted by molar-refractivity contribution is 0.106. The summed E-state index contributed by atoms with van der Waals surface area (Å²) >= 11 is 0. The van der Waals surface area contributed by atoms with Crippen molar-refractivity contribution in [2.75, 3.05) is 27.4 Å². The van der Waals surface area contributed by atoms with Gasteiger partial charge in [-0.3, -0.25) is 4.90 Å². The van der Waals surface area contributed by atoms with Gasteiger partial charge in [0.25, 0.3) is 0 Å². The van der Waals surface area contributed by atoms with Gasteiger partial charge in [-0.1, -0.05) is 24.3 Å². The predicted molar refractivity (Wildman–Crippen MR) is 73.9 cm³/mol. The number of rotatable bonds is 6. The summed E-state index contributed by atoms with van der Waals surface area (Å²) in [7, 11) is 3.52. The number of aliphatic hydroxyl groups excluding tert-OH is 1. The van der Waals surface area contributed by atoms with Gasteiger partial charge in [-0.25, -0.2) is 0 Å². The molecule has 1 saturated heterocycles. The molecule has 106 valence electrons. The molecule has 1 fully saturated rings. The normalized spacial score (nSPS) is 23.9. The fraction of sp³-hybridized carbons (Fsp3) is 0.600. The molecular weight excluding hydrogens is 242 g/mol. The van der Waals surface area contributed by atoms with Crippen molar-refractivity contribution in [2.45, 2.75) is 31.7 Å². The highest BCUT2D eigenvalue weighted by molar-refractivity contribution is 5.22. The fourth-order valence-corrected chi connectivity index (χ4v) is 2.65. The largest absolute Gasteiger partial charge is 0.392 e. The van der Waals surface area contributed by atoms with Gasteiger partial charge in [-0.15, -0.1) is 0 Å². The molecule has 0 radical (unpaired) electrons. The maximum absolute atomic E-state index is 9.05. The summed E-state index contributed by atoms with van der Waals surface area (Å²) in [5.41, 5.74) is 2.21. The molecule has 1 aliphatic rings. The molecule has 19 heavy (non-hydrogen) atoms. The molecular formula is C15H23NO3. The summed E-state index contributed by atoms with van der Waals surface area (Å²) in [6.07, 6.45) is 1.33. The number of benzene rings is 1. The van der Waals surface area contributed by atoms with E-state index >= 15 is 0 Å². The zero-order valence-electron chi connectivity index (χ0n) is 11.7. The second kappa shape index (κ2) is 7.01. The lowest BCUT2D eigenvalue weighted by atomic mass is 10.1. The fourth-order valence-electron chi connectivity index (χ4n) is 2.65. The van der Waals surface area contributed by atoms with Crippen LogP contribution >= 0.6 is 0 Å². The van der Waals surface area contributed by atoms with Crippen molar-refractivity contribution in [3.8, 4) is 0 Å². The van der Waals surface area contributed by atoms with Crippen LogP contribution in [0.15, 0.2) is 24.3 Å². The molecule has 1 aromatic rings. The quantitative estimate of drug-likeness (QED) is 0.844. The van der Waals surface area contributed by atoms with Crippen LogP contribution in [0.5, 0.6) is 0 Å². The Bertz CT molecular complexity index is 379. The van der Waals surface area contributed by atoms with E-state index in [-0.39, 0.29) is 6.61 Å². The minimum Gasteiger partial charge on any atom is -0.392 e. The Balaban J connectivity index is 1.98. The molecule has 0 unspecified atom stereocenters. The van der Waals surface area contributed by atoms with Gasteiger partial charge in [-0.05, 0) is 17.5 Å². The van der Waals surface area contributed by atoms with Gasteiger partial charge in [0.2, 0.25) is 0 Å². The van der Waals surface area contributed by atoms with Crippen LogP contribution in [0.4, 0.5) is 0 Å². The van der Waals surface area contributed by atoms with E-state index in [1.807, 2.05) is 12.1 Å².